The molecule has 0 radical (unpaired) electrons. The highest BCUT2D eigenvalue weighted by Crippen LogP contribution is 2.58. The van der Waals surface area contributed by atoms with E-state index in [1.165, 1.54) is 32.1 Å². The molecule has 23 heavy (non-hydrogen) atoms. The van der Waals surface area contributed by atoms with Crippen LogP contribution in [-0.4, -0.2) is 15.1 Å². The fourth-order valence-corrected chi connectivity index (χ4v) is 5.01. The highest BCUT2D eigenvalue weighted by Gasteiger charge is 2.52. The van der Waals surface area contributed by atoms with Gasteiger partial charge in [-0.05, 0) is 69.4 Å². The van der Waals surface area contributed by atoms with E-state index in [0.29, 0.717) is 5.82 Å². The second-order valence-corrected chi connectivity index (χ2v) is 7.63. The molecule has 2 saturated carbocycles. The van der Waals surface area contributed by atoms with Crippen LogP contribution in [0.3, 0.4) is 0 Å². The molecule has 0 saturated heterocycles. The molecule has 0 N–H and O–H groups in total. The van der Waals surface area contributed by atoms with Crippen LogP contribution in [0.1, 0.15) is 50.1 Å². The number of nitrogens with zero attached hydrogens (tertiary/aromatic N) is 3. The molecule has 3 aliphatic rings. The number of aromatic nitrogens is 3. The van der Waals surface area contributed by atoms with Crippen molar-refractivity contribution in [2.24, 2.45) is 11.8 Å². The molecule has 0 aromatic carbocycles. The minimum Gasteiger partial charge on any atom is -0.338 e. The number of rotatable bonds is 2. The first-order chi connectivity index (χ1) is 11.2. The monoisotopic (exact) mass is 307 g/mol. The Morgan fingerprint density at radius 3 is 3.09 bits per heavy atom. The van der Waals surface area contributed by atoms with Gasteiger partial charge in [0.2, 0.25) is 11.7 Å². The lowest BCUT2D eigenvalue weighted by Crippen LogP contribution is -2.31. The zero-order valence-corrected chi connectivity index (χ0v) is 13.5. The Morgan fingerprint density at radius 2 is 2.22 bits per heavy atom. The fraction of sp³-hybridized carbons (Fsp3) is 0.526. The lowest BCUT2D eigenvalue weighted by Gasteiger charge is -2.34. The molecule has 3 atom stereocenters. The first-order valence-corrected chi connectivity index (χ1v) is 8.68. The van der Waals surface area contributed by atoms with Gasteiger partial charge in [-0.1, -0.05) is 16.8 Å². The van der Waals surface area contributed by atoms with Crippen LogP contribution in [0.2, 0.25) is 0 Å². The molecule has 4 heteroatoms. The third-order valence-corrected chi connectivity index (χ3v) is 6.03. The molecule has 0 amide bonds. The zero-order chi connectivity index (χ0) is 15.4. The van der Waals surface area contributed by atoms with E-state index >= 15 is 0 Å². The van der Waals surface area contributed by atoms with Gasteiger partial charge in [0.25, 0.3) is 0 Å². The summed E-state index contributed by atoms with van der Waals surface area (Å²) in [5.74, 6) is 3.11. The smallest absolute Gasteiger partial charge is 0.233 e. The number of pyridine rings is 1. The van der Waals surface area contributed by atoms with Crippen molar-refractivity contribution in [2.45, 2.75) is 50.9 Å². The van der Waals surface area contributed by atoms with Crippen molar-refractivity contribution in [2.75, 3.05) is 0 Å². The zero-order valence-electron chi connectivity index (χ0n) is 13.5. The van der Waals surface area contributed by atoms with Crippen LogP contribution >= 0.6 is 0 Å². The minimum absolute atomic E-state index is 0.100. The Labute approximate surface area is 136 Å². The molecule has 3 unspecified atom stereocenters. The predicted molar refractivity (Wildman–Crippen MR) is 86.7 cm³/mol. The molecule has 0 aliphatic heterocycles. The van der Waals surface area contributed by atoms with Gasteiger partial charge in [-0.15, -0.1) is 0 Å². The summed E-state index contributed by atoms with van der Waals surface area (Å²) in [5, 5.41) is 4.25. The fourth-order valence-electron chi connectivity index (χ4n) is 5.01. The van der Waals surface area contributed by atoms with Gasteiger partial charge in [0.05, 0.1) is 5.41 Å². The van der Waals surface area contributed by atoms with Gasteiger partial charge in [0, 0.05) is 17.5 Å². The average Bonchev–Trinajstić information content (AvgIpc) is 3.09. The number of aryl methyl sites for hydroxylation is 1. The number of hydrogen-bond acceptors (Lipinski definition) is 4. The highest BCUT2D eigenvalue weighted by atomic mass is 16.5. The summed E-state index contributed by atoms with van der Waals surface area (Å²) in [6.45, 7) is 1.98. The van der Waals surface area contributed by atoms with Crippen LogP contribution in [0, 0.1) is 18.8 Å². The van der Waals surface area contributed by atoms with Crippen LogP contribution < -0.4 is 0 Å². The first kappa shape index (κ1) is 13.5. The van der Waals surface area contributed by atoms with Crippen molar-refractivity contribution in [3.63, 3.8) is 0 Å². The molecule has 5 rings (SSSR count). The molecule has 4 nitrogen and oxygen atoms in total. The van der Waals surface area contributed by atoms with Gasteiger partial charge in [-0.25, -0.2) is 0 Å². The second-order valence-electron chi connectivity index (χ2n) is 7.63. The molecule has 0 spiro atoms. The van der Waals surface area contributed by atoms with Crippen molar-refractivity contribution in [3.8, 4) is 11.4 Å². The second kappa shape index (κ2) is 4.76. The van der Waals surface area contributed by atoms with Gasteiger partial charge >= 0.3 is 0 Å². The summed E-state index contributed by atoms with van der Waals surface area (Å²) < 4.78 is 5.76. The quantitative estimate of drug-likeness (QED) is 0.780. The summed E-state index contributed by atoms with van der Waals surface area (Å²) >= 11 is 0. The van der Waals surface area contributed by atoms with E-state index in [2.05, 4.69) is 16.2 Å². The topological polar surface area (TPSA) is 51.8 Å². The summed E-state index contributed by atoms with van der Waals surface area (Å²) in [6, 6.07) is 4.01. The Hall–Kier alpha value is -1.97. The van der Waals surface area contributed by atoms with Gasteiger partial charge in [0.1, 0.15) is 0 Å². The van der Waals surface area contributed by atoms with Crippen molar-refractivity contribution >= 4 is 0 Å². The third-order valence-electron chi connectivity index (χ3n) is 6.03. The Morgan fingerprint density at radius 1 is 1.26 bits per heavy atom. The summed E-state index contributed by atoms with van der Waals surface area (Å²) in [6.07, 6.45) is 11.8. The minimum atomic E-state index is 0.100. The van der Waals surface area contributed by atoms with Crippen LogP contribution in [0.15, 0.2) is 34.5 Å². The van der Waals surface area contributed by atoms with Gasteiger partial charge in [0.15, 0.2) is 0 Å². The molecule has 3 bridgehead atoms. The van der Waals surface area contributed by atoms with Gasteiger partial charge < -0.3 is 4.52 Å². The molecule has 2 aromatic rings. The molecule has 2 aromatic heterocycles. The largest absolute Gasteiger partial charge is 0.338 e. The van der Waals surface area contributed by atoms with Crippen molar-refractivity contribution in [3.05, 3.63) is 41.6 Å². The molecular weight excluding hydrogens is 286 g/mol. The van der Waals surface area contributed by atoms with Gasteiger partial charge in [-0.2, -0.15) is 4.98 Å². The highest BCUT2D eigenvalue weighted by molar-refractivity contribution is 5.52. The SMILES string of the molecule is Cc1ccc(-c2noc(C34CC5=CCCC(CC5C3)C4)n2)cn1. The number of allylic oxidation sites excluding steroid dienone is 2. The van der Waals surface area contributed by atoms with E-state index in [4.69, 9.17) is 9.51 Å². The van der Waals surface area contributed by atoms with Crippen LogP contribution in [0.5, 0.6) is 0 Å². The maximum atomic E-state index is 5.76. The Balaban J connectivity index is 1.52. The summed E-state index contributed by atoms with van der Waals surface area (Å²) in [5.41, 5.74) is 3.69. The van der Waals surface area contributed by atoms with E-state index < -0.39 is 0 Å². The lowest BCUT2D eigenvalue weighted by atomic mass is 9.69. The van der Waals surface area contributed by atoms with Gasteiger partial charge in [-0.3, -0.25) is 4.98 Å². The van der Waals surface area contributed by atoms with Crippen LogP contribution in [-0.2, 0) is 5.41 Å². The van der Waals surface area contributed by atoms with E-state index in [1.54, 1.807) is 5.57 Å². The standard InChI is InChI=1S/C19H21N3O/c1-12-5-6-15(11-20-12)17-21-18(23-22-17)19-8-13-3-2-4-14(9-19)16(7-13)10-19/h4-6,11,13,16H,2-3,7-10H2,1H3. The number of hydrogen-bond donors (Lipinski definition) is 0. The Kier molecular flexibility index (Phi) is 2.79. The van der Waals surface area contributed by atoms with Crippen LogP contribution in [0.25, 0.3) is 11.4 Å². The predicted octanol–water partition coefficient (Wildman–Crippen LogP) is 4.22. The molecule has 2 heterocycles. The average molecular weight is 307 g/mol. The number of fused-ring (bicyclic) bond motifs is 2. The van der Waals surface area contributed by atoms with E-state index in [-0.39, 0.29) is 5.41 Å². The van der Waals surface area contributed by atoms with Crippen molar-refractivity contribution in [1.29, 1.82) is 0 Å². The normalized spacial score (nSPS) is 32.0. The first-order valence-electron chi connectivity index (χ1n) is 8.68. The van der Waals surface area contributed by atoms with Crippen molar-refractivity contribution < 1.29 is 4.52 Å². The summed E-state index contributed by atoms with van der Waals surface area (Å²) in [7, 11) is 0. The molecule has 2 fully saturated rings. The molecule has 3 aliphatic carbocycles. The third kappa shape index (κ3) is 2.07. The van der Waals surface area contributed by atoms with Crippen LogP contribution in [0.4, 0.5) is 0 Å². The maximum Gasteiger partial charge on any atom is 0.233 e. The Bertz CT molecular complexity index is 776. The lowest BCUT2D eigenvalue weighted by molar-refractivity contribution is 0.176. The van der Waals surface area contributed by atoms with E-state index in [1.807, 2.05) is 25.3 Å². The van der Waals surface area contributed by atoms with E-state index in [9.17, 15) is 0 Å². The maximum absolute atomic E-state index is 5.76. The van der Waals surface area contributed by atoms with Crippen molar-refractivity contribution in [1.82, 2.24) is 15.1 Å². The van der Waals surface area contributed by atoms with E-state index in [0.717, 1.165) is 35.4 Å². The molecular formula is C19H21N3O. The molecule has 118 valence electrons. The summed E-state index contributed by atoms with van der Waals surface area (Å²) in [4.78, 5) is 9.12.